The Morgan fingerprint density at radius 2 is 1.80 bits per heavy atom. The number of nitrogens with one attached hydrogen (secondary N) is 1. The molecule has 0 unspecified atom stereocenters. The van der Waals surface area contributed by atoms with Gasteiger partial charge >= 0.3 is 0 Å². The van der Waals surface area contributed by atoms with Crippen LogP contribution in [-0.4, -0.2) is 51.4 Å². The highest BCUT2D eigenvalue weighted by Gasteiger charge is 2.29. The molecule has 1 heterocycles. The molecule has 6 nitrogen and oxygen atoms in total. The van der Waals surface area contributed by atoms with Crippen molar-refractivity contribution in [2.75, 3.05) is 32.7 Å². The fraction of sp³-hybridized carbons (Fsp3) is 0.462. The van der Waals surface area contributed by atoms with E-state index in [1.807, 2.05) is 30.3 Å². The van der Waals surface area contributed by atoms with Crippen molar-refractivity contribution in [3.63, 3.8) is 0 Å². The van der Waals surface area contributed by atoms with E-state index >= 15 is 0 Å². The molecule has 0 atom stereocenters. The van der Waals surface area contributed by atoms with Crippen molar-refractivity contribution < 1.29 is 18.1 Å². The molecule has 110 valence electrons. The normalized spacial score (nSPS) is 18.0. The summed E-state index contributed by atoms with van der Waals surface area (Å²) < 4.78 is 26.1. The van der Waals surface area contributed by atoms with Gasteiger partial charge in [-0.1, -0.05) is 30.3 Å². The SMILES string of the molecule is NC(=O)C[NH+]1CCN(S(=O)(=O)Cc2ccccc2)CC1. The molecule has 1 saturated heterocycles. The van der Waals surface area contributed by atoms with Gasteiger partial charge in [0, 0.05) is 0 Å². The fourth-order valence-electron chi connectivity index (χ4n) is 2.38. The van der Waals surface area contributed by atoms with Crippen LogP contribution >= 0.6 is 0 Å². The summed E-state index contributed by atoms with van der Waals surface area (Å²) in [5.41, 5.74) is 5.95. The van der Waals surface area contributed by atoms with Crippen LogP contribution in [0.2, 0.25) is 0 Å². The number of rotatable bonds is 5. The first-order valence-electron chi connectivity index (χ1n) is 6.61. The minimum Gasteiger partial charge on any atom is -0.365 e. The molecule has 3 N–H and O–H groups in total. The Hall–Kier alpha value is -1.44. The summed E-state index contributed by atoms with van der Waals surface area (Å²) in [5.74, 6) is -0.320. The first-order chi connectivity index (χ1) is 9.47. The zero-order chi connectivity index (χ0) is 14.6. The van der Waals surface area contributed by atoms with Gasteiger partial charge in [-0.15, -0.1) is 0 Å². The van der Waals surface area contributed by atoms with E-state index in [2.05, 4.69) is 0 Å². The van der Waals surface area contributed by atoms with Gasteiger partial charge < -0.3 is 10.6 Å². The zero-order valence-electron chi connectivity index (χ0n) is 11.3. The average Bonchev–Trinajstić information content (AvgIpc) is 2.39. The highest BCUT2D eigenvalue weighted by atomic mass is 32.2. The summed E-state index contributed by atoms with van der Waals surface area (Å²) in [7, 11) is -3.28. The number of carbonyl (C=O) groups is 1. The summed E-state index contributed by atoms with van der Waals surface area (Å²) in [6.45, 7) is 2.40. The largest absolute Gasteiger partial charge is 0.365 e. The van der Waals surface area contributed by atoms with Crippen molar-refractivity contribution in [3.05, 3.63) is 35.9 Å². The molecule has 0 saturated carbocycles. The van der Waals surface area contributed by atoms with Crippen molar-refractivity contribution in [1.82, 2.24) is 4.31 Å². The number of amides is 1. The van der Waals surface area contributed by atoms with Gasteiger partial charge in [-0.2, -0.15) is 4.31 Å². The lowest BCUT2D eigenvalue weighted by atomic mass is 10.2. The maximum Gasteiger partial charge on any atom is 0.272 e. The minimum atomic E-state index is -3.28. The molecule has 1 amide bonds. The average molecular weight is 298 g/mol. The molecule has 2 rings (SSSR count). The zero-order valence-corrected chi connectivity index (χ0v) is 12.1. The number of quaternary nitrogens is 1. The topological polar surface area (TPSA) is 84.9 Å². The van der Waals surface area contributed by atoms with Gasteiger partial charge in [-0.05, 0) is 5.56 Å². The van der Waals surface area contributed by atoms with Crippen molar-refractivity contribution >= 4 is 15.9 Å². The van der Waals surface area contributed by atoms with Gasteiger partial charge in [-0.3, -0.25) is 4.79 Å². The molecule has 7 heteroatoms. The van der Waals surface area contributed by atoms with Crippen LogP contribution in [0.3, 0.4) is 0 Å². The lowest BCUT2D eigenvalue weighted by Gasteiger charge is -2.30. The Balaban J connectivity index is 1.94. The van der Waals surface area contributed by atoms with E-state index in [1.165, 1.54) is 4.31 Å². The molecule has 0 spiro atoms. The van der Waals surface area contributed by atoms with Gasteiger partial charge in [-0.25, -0.2) is 8.42 Å². The van der Waals surface area contributed by atoms with E-state index in [1.54, 1.807) is 0 Å². The van der Waals surface area contributed by atoms with Crippen LogP contribution in [0.5, 0.6) is 0 Å². The van der Waals surface area contributed by atoms with E-state index < -0.39 is 10.0 Å². The molecule has 1 aliphatic rings. The summed E-state index contributed by atoms with van der Waals surface area (Å²) in [5, 5.41) is 0. The van der Waals surface area contributed by atoms with Crippen LogP contribution in [0.1, 0.15) is 5.56 Å². The molecule has 0 radical (unpaired) electrons. The van der Waals surface area contributed by atoms with Gasteiger partial charge in [0.1, 0.15) is 0 Å². The van der Waals surface area contributed by atoms with Crippen LogP contribution in [0.4, 0.5) is 0 Å². The third kappa shape index (κ3) is 4.03. The van der Waals surface area contributed by atoms with Crippen LogP contribution < -0.4 is 10.6 Å². The van der Waals surface area contributed by atoms with Gasteiger partial charge in [0.2, 0.25) is 10.0 Å². The Kier molecular flexibility index (Phi) is 4.74. The van der Waals surface area contributed by atoms with Crippen molar-refractivity contribution in [2.24, 2.45) is 5.73 Å². The van der Waals surface area contributed by atoms with E-state index in [0.29, 0.717) is 26.2 Å². The number of nitrogens with zero attached hydrogens (tertiary/aromatic N) is 1. The second-order valence-corrected chi connectivity index (χ2v) is 7.00. The Morgan fingerprint density at radius 1 is 1.20 bits per heavy atom. The number of sulfonamides is 1. The number of carbonyl (C=O) groups excluding carboxylic acids is 1. The van der Waals surface area contributed by atoms with Crippen LogP contribution in [0, 0.1) is 0 Å². The third-order valence-corrected chi connectivity index (χ3v) is 5.29. The smallest absolute Gasteiger partial charge is 0.272 e. The molecule has 1 aromatic carbocycles. The number of primary amides is 1. The third-order valence-electron chi connectivity index (χ3n) is 3.44. The lowest BCUT2D eigenvalue weighted by Crippen LogP contribution is -3.15. The standard InChI is InChI=1S/C13H19N3O3S/c14-13(17)10-15-6-8-16(9-7-15)20(18,19)11-12-4-2-1-3-5-12/h1-5H,6-11H2,(H2,14,17)/p+1. The molecular weight excluding hydrogens is 278 g/mol. The molecule has 0 aromatic heterocycles. The Labute approximate surface area is 119 Å². The molecule has 20 heavy (non-hydrogen) atoms. The van der Waals surface area contributed by atoms with Crippen LogP contribution in [0.25, 0.3) is 0 Å². The van der Waals surface area contributed by atoms with E-state index in [-0.39, 0.29) is 18.2 Å². The van der Waals surface area contributed by atoms with Crippen molar-refractivity contribution in [1.29, 1.82) is 0 Å². The summed E-state index contributed by atoms with van der Waals surface area (Å²) in [6.07, 6.45) is 0. The predicted molar refractivity (Wildman–Crippen MR) is 75.4 cm³/mol. The number of benzene rings is 1. The van der Waals surface area contributed by atoms with Gasteiger partial charge in [0.25, 0.3) is 5.91 Å². The molecule has 0 bridgehead atoms. The molecule has 1 aromatic rings. The Bertz CT molecular complexity index is 551. The second-order valence-electron chi connectivity index (χ2n) is 5.03. The van der Waals surface area contributed by atoms with E-state index in [0.717, 1.165) is 10.5 Å². The predicted octanol–water partition coefficient (Wildman–Crippen LogP) is -1.80. The maximum atomic E-state index is 12.3. The quantitative estimate of drug-likeness (QED) is 0.673. The highest BCUT2D eigenvalue weighted by molar-refractivity contribution is 7.88. The van der Waals surface area contributed by atoms with Crippen LogP contribution in [-0.2, 0) is 20.6 Å². The van der Waals surface area contributed by atoms with E-state index in [4.69, 9.17) is 5.73 Å². The maximum absolute atomic E-state index is 12.3. The van der Waals surface area contributed by atoms with E-state index in [9.17, 15) is 13.2 Å². The van der Waals surface area contributed by atoms with Crippen LogP contribution in [0.15, 0.2) is 30.3 Å². The Morgan fingerprint density at radius 3 is 2.35 bits per heavy atom. The molecule has 1 aliphatic heterocycles. The monoisotopic (exact) mass is 298 g/mol. The molecule has 1 fully saturated rings. The number of piperazine rings is 1. The number of nitrogens with two attached hydrogens (primary N) is 1. The van der Waals surface area contributed by atoms with Crippen molar-refractivity contribution in [2.45, 2.75) is 5.75 Å². The van der Waals surface area contributed by atoms with Crippen molar-refractivity contribution in [3.8, 4) is 0 Å². The number of hydrogen-bond donors (Lipinski definition) is 2. The first-order valence-corrected chi connectivity index (χ1v) is 8.22. The number of hydrogen-bond acceptors (Lipinski definition) is 3. The minimum absolute atomic E-state index is 0.0268. The first kappa shape index (κ1) is 15.0. The summed E-state index contributed by atoms with van der Waals surface area (Å²) in [4.78, 5) is 11.9. The van der Waals surface area contributed by atoms with Gasteiger partial charge in [0.15, 0.2) is 6.54 Å². The summed E-state index contributed by atoms with van der Waals surface area (Å²) in [6, 6.07) is 9.15. The fourth-order valence-corrected chi connectivity index (χ4v) is 3.92. The molecular formula is C13H20N3O3S+. The second kappa shape index (κ2) is 6.34. The highest BCUT2D eigenvalue weighted by Crippen LogP contribution is 2.10. The molecule has 0 aliphatic carbocycles. The lowest BCUT2D eigenvalue weighted by molar-refractivity contribution is -0.895. The van der Waals surface area contributed by atoms with Gasteiger partial charge in [0.05, 0.1) is 31.9 Å². The summed E-state index contributed by atoms with van der Waals surface area (Å²) >= 11 is 0.